The molecular formula is C20H26N6O2. The predicted molar refractivity (Wildman–Crippen MR) is 106 cm³/mol. The van der Waals surface area contributed by atoms with Crippen molar-refractivity contribution < 1.29 is 9.59 Å². The standard InChI is InChI=1S/C20H26N6O2/c1-15-14-18(19(28)26-12-10-25(11-13-26)16(2)27)23-20(22-15)24(3)9-6-17-4-7-21-8-5-17/h4-5,7-8,14H,6,9-13H2,1-3H3. The van der Waals surface area contributed by atoms with Crippen LogP contribution < -0.4 is 4.90 Å². The molecule has 0 unspecified atom stereocenters. The average Bonchev–Trinajstić information content (AvgIpc) is 2.71. The molecule has 2 amide bonds. The molecule has 148 valence electrons. The lowest BCUT2D eigenvalue weighted by Crippen LogP contribution is -2.50. The second-order valence-corrected chi connectivity index (χ2v) is 7.02. The van der Waals surface area contributed by atoms with E-state index in [4.69, 9.17) is 0 Å². The van der Waals surface area contributed by atoms with Crippen molar-refractivity contribution in [3.8, 4) is 0 Å². The molecule has 3 rings (SSSR count). The van der Waals surface area contributed by atoms with Gasteiger partial charge in [-0.25, -0.2) is 9.97 Å². The molecule has 0 aliphatic carbocycles. The summed E-state index contributed by atoms with van der Waals surface area (Å²) in [6.45, 7) is 6.32. The molecule has 1 aliphatic rings. The van der Waals surface area contributed by atoms with Gasteiger partial charge in [0, 0.05) is 64.8 Å². The highest BCUT2D eigenvalue weighted by Gasteiger charge is 2.25. The van der Waals surface area contributed by atoms with Crippen molar-refractivity contribution in [1.29, 1.82) is 0 Å². The Balaban J connectivity index is 1.67. The molecule has 2 aromatic rings. The zero-order chi connectivity index (χ0) is 20.1. The van der Waals surface area contributed by atoms with Gasteiger partial charge in [0.2, 0.25) is 11.9 Å². The van der Waals surface area contributed by atoms with E-state index in [1.165, 1.54) is 5.56 Å². The van der Waals surface area contributed by atoms with Crippen LogP contribution in [0, 0.1) is 6.92 Å². The van der Waals surface area contributed by atoms with Crippen LogP contribution in [0.3, 0.4) is 0 Å². The van der Waals surface area contributed by atoms with Crippen LogP contribution in [0.15, 0.2) is 30.6 Å². The highest BCUT2D eigenvalue weighted by Crippen LogP contribution is 2.13. The summed E-state index contributed by atoms with van der Waals surface area (Å²) >= 11 is 0. The Morgan fingerprint density at radius 1 is 1.07 bits per heavy atom. The Hall–Kier alpha value is -3.03. The molecule has 0 spiro atoms. The van der Waals surface area contributed by atoms with Crippen LogP contribution in [-0.4, -0.2) is 76.3 Å². The highest BCUT2D eigenvalue weighted by molar-refractivity contribution is 5.93. The number of carbonyl (C=O) groups excluding carboxylic acids is 2. The number of aromatic nitrogens is 3. The first-order chi connectivity index (χ1) is 13.4. The SMILES string of the molecule is CC(=O)N1CCN(C(=O)c2cc(C)nc(N(C)CCc3ccncc3)n2)CC1. The summed E-state index contributed by atoms with van der Waals surface area (Å²) in [7, 11) is 1.93. The number of piperazine rings is 1. The third-order valence-electron chi connectivity index (χ3n) is 4.90. The first-order valence-corrected chi connectivity index (χ1v) is 9.44. The Bertz CT molecular complexity index is 834. The molecule has 1 fully saturated rings. The van der Waals surface area contributed by atoms with Gasteiger partial charge in [-0.1, -0.05) is 0 Å². The minimum absolute atomic E-state index is 0.0445. The highest BCUT2D eigenvalue weighted by atomic mass is 16.2. The summed E-state index contributed by atoms with van der Waals surface area (Å²) in [6, 6.07) is 5.70. The first-order valence-electron chi connectivity index (χ1n) is 9.44. The molecule has 8 nitrogen and oxygen atoms in total. The second-order valence-electron chi connectivity index (χ2n) is 7.02. The van der Waals surface area contributed by atoms with Gasteiger partial charge in [0.15, 0.2) is 0 Å². The number of hydrogen-bond donors (Lipinski definition) is 0. The average molecular weight is 382 g/mol. The van der Waals surface area contributed by atoms with Gasteiger partial charge in [0.05, 0.1) is 0 Å². The van der Waals surface area contributed by atoms with Crippen LogP contribution in [0.2, 0.25) is 0 Å². The predicted octanol–water partition coefficient (Wildman–Crippen LogP) is 1.16. The zero-order valence-corrected chi connectivity index (χ0v) is 16.6. The number of anilines is 1. The summed E-state index contributed by atoms with van der Waals surface area (Å²) in [5, 5.41) is 0. The monoisotopic (exact) mass is 382 g/mol. The van der Waals surface area contributed by atoms with Gasteiger partial charge in [-0.15, -0.1) is 0 Å². The number of hydrogen-bond acceptors (Lipinski definition) is 6. The van der Waals surface area contributed by atoms with Crippen molar-refractivity contribution in [2.75, 3.05) is 44.7 Å². The Morgan fingerprint density at radius 2 is 1.71 bits per heavy atom. The fourth-order valence-corrected chi connectivity index (χ4v) is 3.17. The van der Waals surface area contributed by atoms with E-state index < -0.39 is 0 Å². The van der Waals surface area contributed by atoms with Gasteiger partial charge < -0.3 is 14.7 Å². The minimum atomic E-state index is -0.113. The molecule has 1 aliphatic heterocycles. The third-order valence-corrected chi connectivity index (χ3v) is 4.90. The maximum Gasteiger partial charge on any atom is 0.272 e. The van der Waals surface area contributed by atoms with E-state index in [0.29, 0.717) is 37.8 Å². The summed E-state index contributed by atoms with van der Waals surface area (Å²) in [5.41, 5.74) is 2.34. The quantitative estimate of drug-likeness (QED) is 0.772. The smallest absolute Gasteiger partial charge is 0.272 e. The molecule has 0 saturated carbocycles. The summed E-state index contributed by atoms with van der Waals surface area (Å²) in [5.74, 6) is 0.473. The number of pyridine rings is 1. The summed E-state index contributed by atoms with van der Waals surface area (Å²) in [4.78, 5) is 42.8. The number of nitrogens with zero attached hydrogens (tertiary/aromatic N) is 6. The van der Waals surface area contributed by atoms with Crippen LogP contribution in [0.25, 0.3) is 0 Å². The van der Waals surface area contributed by atoms with E-state index in [2.05, 4.69) is 15.0 Å². The van der Waals surface area contributed by atoms with Crippen molar-refractivity contribution in [2.45, 2.75) is 20.3 Å². The van der Waals surface area contributed by atoms with Crippen LogP contribution in [0.1, 0.15) is 28.7 Å². The normalized spacial score (nSPS) is 14.1. The molecule has 1 saturated heterocycles. The molecule has 28 heavy (non-hydrogen) atoms. The maximum absolute atomic E-state index is 12.9. The van der Waals surface area contributed by atoms with Gasteiger partial charge >= 0.3 is 0 Å². The van der Waals surface area contributed by atoms with E-state index in [9.17, 15) is 9.59 Å². The Labute approximate surface area is 165 Å². The number of likely N-dealkylation sites (N-methyl/N-ethyl adjacent to an activating group) is 1. The lowest BCUT2D eigenvalue weighted by Gasteiger charge is -2.34. The number of carbonyl (C=O) groups is 2. The fraction of sp³-hybridized carbons (Fsp3) is 0.450. The molecule has 0 aromatic carbocycles. The fourth-order valence-electron chi connectivity index (χ4n) is 3.17. The van der Waals surface area contributed by atoms with E-state index in [1.807, 2.05) is 31.0 Å². The summed E-state index contributed by atoms with van der Waals surface area (Å²) < 4.78 is 0. The molecule has 8 heteroatoms. The van der Waals surface area contributed by atoms with Gasteiger partial charge in [0.25, 0.3) is 5.91 Å². The maximum atomic E-state index is 12.9. The topological polar surface area (TPSA) is 82.5 Å². The molecule has 0 bridgehead atoms. The first kappa shape index (κ1) is 19.7. The van der Waals surface area contributed by atoms with Crippen molar-refractivity contribution in [3.63, 3.8) is 0 Å². The molecule has 3 heterocycles. The number of aryl methyl sites for hydroxylation is 1. The van der Waals surface area contributed by atoms with E-state index in [0.717, 1.165) is 18.7 Å². The van der Waals surface area contributed by atoms with Gasteiger partial charge in [-0.3, -0.25) is 14.6 Å². The molecule has 0 radical (unpaired) electrons. The second kappa shape index (κ2) is 8.77. The van der Waals surface area contributed by atoms with Crippen molar-refractivity contribution in [2.24, 2.45) is 0 Å². The van der Waals surface area contributed by atoms with Gasteiger partial charge in [-0.2, -0.15) is 0 Å². The van der Waals surface area contributed by atoms with Crippen LogP contribution in [0.4, 0.5) is 5.95 Å². The molecule has 0 atom stereocenters. The summed E-state index contributed by atoms with van der Waals surface area (Å²) in [6.07, 6.45) is 4.40. The number of rotatable bonds is 5. The van der Waals surface area contributed by atoms with Gasteiger partial charge in [-0.05, 0) is 37.1 Å². The molecule has 0 N–H and O–H groups in total. The minimum Gasteiger partial charge on any atom is -0.344 e. The van der Waals surface area contributed by atoms with Crippen molar-refractivity contribution >= 4 is 17.8 Å². The number of amides is 2. The molecular weight excluding hydrogens is 356 g/mol. The third kappa shape index (κ3) is 4.82. The lowest BCUT2D eigenvalue weighted by molar-refractivity contribution is -0.130. The lowest BCUT2D eigenvalue weighted by atomic mass is 10.2. The van der Waals surface area contributed by atoms with E-state index in [1.54, 1.807) is 35.2 Å². The largest absolute Gasteiger partial charge is 0.344 e. The zero-order valence-electron chi connectivity index (χ0n) is 16.6. The van der Waals surface area contributed by atoms with Crippen molar-refractivity contribution in [3.05, 3.63) is 47.5 Å². The Morgan fingerprint density at radius 3 is 2.36 bits per heavy atom. The van der Waals surface area contributed by atoms with E-state index in [-0.39, 0.29) is 11.8 Å². The van der Waals surface area contributed by atoms with Crippen LogP contribution >= 0.6 is 0 Å². The van der Waals surface area contributed by atoms with Crippen molar-refractivity contribution in [1.82, 2.24) is 24.8 Å². The van der Waals surface area contributed by atoms with Crippen LogP contribution in [-0.2, 0) is 11.2 Å². The van der Waals surface area contributed by atoms with E-state index >= 15 is 0 Å². The van der Waals surface area contributed by atoms with Gasteiger partial charge in [0.1, 0.15) is 5.69 Å². The Kier molecular flexibility index (Phi) is 6.18. The van der Waals surface area contributed by atoms with Crippen LogP contribution in [0.5, 0.6) is 0 Å². The molecule has 2 aromatic heterocycles.